The van der Waals surface area contributed by atoms with Crippen LogP contribution in [0, 0.1) is 0 Å². The Labute approximate surface area is 349 Å². The van der Waals surface area contributed by atoms with Gasteiger partial charge in [0.2, 0.25) is 0 Å². The molecule has 1 rings (SSSR count). The number of unbranched alkanes of at least 4 members (excludes halogenated alkanes) is 14. The van der Waals surface area contributed by atoms with Crippen LogP contribution in [0.15, 0.2) is 60.8 Å². The van der Waals surface area contributed by atoms with Gasteiger partial charge < -0.3 is 39.9 Å². The molecule has 1 saturated carbocycles. The van der Waals surface area contributed by atoms with Crippen molar-refractivity contribution >= 4 is 13.8 Å². The molecule has 1 aliphatic rings. The van der Waals surface area contributed by atoms with Crippen LogP contribution in [0.5, 0.6) is 0 Å². The van der Waals surface area contributed by atoms with Gasteiger partial charge in [-0.2, -0.15) is 0 Å². The van der Waals surface area contributed by atoms with E-state index in [2.05, 4.69) is 74.6 Å². The number of hydrogen-bond donors (Lipinski definition) is 6. The Morgan fingerprint density at radius 1 is 0.569 bits per heavy atom. The van der Waals surface area contributed by atoms with Crippen LogP contribution < -0.4 is 0 Å². The molecule has 6 N–H and O–H groups in total. The summed E-state index contributed by atoms with van der Waals surface area (Å²) in [6.07, 6.45) is 31.5. The van der Waals surface area contributed by atoms with Crippen molar-refractivity contribution in [2.45, 2.75) is 198 Å². The van der Waals surface area contributed by atoms with Gasteiger partial charge in [0, 0.05) is 13.0 Å². The van der Waals surface area contributed by atoms with Gasteiger partial charge in [0.05, 0.1) is 13.2 Å². The van der Waals surface area contributed by atoms with E-state index in [9.17, 15) is 39.8 Å². The van der Waals surface area contributed by atoms with Gasteiger partial charge in [0.1, 0.15) is 42.7 Å². The smallest absolute Gasteiger partial charge is 0.457 e. The lowest BCUT2D eigenvalue weighted by Gasteiger charge is -2.41. The molecule has 0 bridgehead atoms. The molecule has 0 amide bonds. The summed E-state index contributed by atoms with van der Waals surface area (Å²) in [7, 11) is -5.03. The molecule has 0 radical (unpaired) electrons. The fraction of sp³-hybridized carbons (Fsp3) is 0.756. The van der Waals surface area contributed by atoms with Gasteiger partial charge in [-0.25, -0.2) is 4.57 Å². The Morgan fingerprint density at radius 2 is 1.02 bits per heavy atom. The maximum Gasteiger partial charge on any atom is 0.472 e. The minimum absolute atomic E-state index is 0.0978. The molecule has 12 nitrogen and oxygen atoms in total. The Balaban J connectivity index is 2.44. The van der Waals surface area contributed by atoms with E-state index >= 15 is 0 Å². The van der Waals surface area contributed by atoms with E-state index in [-0.39, 0.29) is 13.0 Å². The first-order valence-corrected chi connectivity index (χ1v) is 23.6. The zero-order valence-corrected chi connectivity index (χ0v) is 36.5. The highest BCUT2D eigenvalue weighted by molar-refractivity contribution is 7.47. The summed E-state index contributed by atoms with van der Waals surface area (Å²) in [4.78, 5) is 23.1. The Morgan fingerprint density at radius 3 is 1.55 bits per heavy atom. The molecule has 6 unspecified atom stereocenters. The van der Waals surface area contributed by atoms with Crippen LogP contribution in [0.2, 0.25) is 0 Å². The van der Waals surface area contributed by atoms with Crippen LogP contribution in [0.25, 0.3) is 0 Å². The molecule has 0 saturated heterocycles. The van der Waals surface area contributed by atoms with E-state index in [4.69, 9.17) is 18.5 Å². The predicted octanol–water partition coefficient (Wildman–Crippen LogP) is 8.64. The number of aliphatic hydroxyl groups excluding tert-OH is 5. The first-order chi connectivity index (χ1) is 28.0. The van der Waals surface area contributed by atoms with Crippen molar-refractivity contribution in [3.63, 3.8) is 0 Å². The van der Waals surface area contributed by atoms with Gasteiger partial charge in [-0.05, 0) is 77.0 Å². The van der Waals surface area contributed by atoms with Crippen LogP contribution in [0.3, 0.4) is 0 Å². The average molecular weight is 843 g/mol. The standard InChI is InChI=1S/C45H79O12P/c1-3-5-7-9-11-13-15-17-19-20-21-22-24-26-28-30-32-34-39(46)56-38(36-54-35-33-31-29-27-25-23-18-16-14-12-10-8-6-4-2)37-55-58(52,53)57-45-43(50)41(48)40(47)42(49)44(45)51/h6,8,11-14,17-19,23,38,40-45,47-51H,3-5,7,9-10,15-16,20-22,24-37H2,1-2H3,(H,52,53)/b8-6-,13-11-,14-12-,19-17-,23-18-. The molecule has 1 aliphatic carbocycles. The third-order valence-corrected chi connectivity index (χ3v) is 10.9. The first kappa shape index (κ1) is 54.1. The van der Waals surface area contributed by atoms with Crippen LogP contribution in [0.4, 0.5) is 0 Å². The Hall–Kier alpha value is -1.96. The number of allylic oxidation sites excluding steroid dienone is 10. The molecule has 6 atom stereocenters. The topological polar surface area (TPSA) is 192 Å². The summed E-state index contributed by atoms with van der Waals surface area (Å²) < 4.78 is 34.1. The van der Waals surface area contributed by atoms with Crippen molar-refractivity contribution in [3.8, 4) is 0 Å². The second kappa shape index (κ2) is 35.8. The molecular formula is C45H79O12P. The molecule has 0 aromatic rings. The van der Waals surface area contributed by atoms with Gasteiger partial charge in [-0.1, -0.05) is 132 Å². The SMILES string of the molecule is CC/C=C\C/C=C\C/C=C\CCCCCCOCC(COP(=O)(O)OC1C(O)C(O)C(O)C(O)C1O)OC(=O)CCCCCCCCC/C=C\C/C=C\CCCCC. The van der Waals surface area contributed by atoms with E-state index < -0.39 is 63.1 Å². The summed E-state index contributed by atoms with van der Waals surface area (Å²) in [5.41, 5.74) is 0. The molecule has 0 aromatic heterocycles. The molecule has 0 aromatic carbocycles. The Kier molecular flexibility index (Phi) is 33.3. The van der Waals surface area contributed by atoms with Gasteiger partial charge in [-0.15, -0.1) is 0 Å². The molecule has 0 heterocycles. The minimum Gasteiger partial charge on any atom is -0.457 e. The van der Waals surface area contributed by atoms with Crippen molar-refractivity contribution in [1.82, 2.24) is 0 Å². The number of rotatable bonds is 36. The molecule has 13 heteroatoms. The van der Waals surface area contributed by atoms with Gasteiger partial charge in [0.15, 0.2) is 0 Å². The van der Waals surface area contributed by atoms with Gasteiger partial charge in [-0.3, -0.25) is 13.8 Å². The lowest BCUT2D eigenvalue weighted by atomic mass is 9.85. The number of phosphoric ester groups is 1. The summed E-state index contributed by atoms with van der Waals surface area (Å²) in [6, 6.07) is 0. The molecule has 58 heavy (non-hydrogen) atoms. The third-order valence-electron chi connectivity index (χ3n) is 9.87. The fourth-order valence-corrected chi connectivity index (χ4v) is 7.31. The number of phosphoric acid groups is 1. The highest BCUT2D eigenvalue weighted by Gasteiger charge is 2.51. The number of carbonyl (C=O) groups is 1. The van der Waals surface area contributed by atoms with Crippen LogP contribution in [0.1, 0.15) is 155 Å². The fourth-order valence-electron chi connectivity index (χ4n) is 6.34. The maximum atomic E-state index is 12.8. The minimum atomic E-state index is -5.03. The number of ether oxygens (including phenoxy) is 2. The van der Waals surface area contributed by atoms with Crippen LogP contribution in [-0.2, 0) is 27.9 Å². The zero-order valence-electron chi connectivity index (χ0n) is 35.6. The maximum absolute atomic E-state index is 12.8. The van der Waals surface area contributed by atoms with E-state index in [0.717, 1.165) is 89.9 Å². The van der Waals surface area contributed by atoms with Crippen molar-refractivity contribution < 1.29 is 58.3 Å². The summed E-state index contributed by atoms with van der Waals surface area (Å²) in [6.45, 7) is 4.04. The highest BCUT2D eigenvalue weighted by atomic mass is 31.2. The molecular weight excluding hydrogens is 763 g/mol. The monoisotopic (exact) mass is 843 g/mol. The summed E-state index contributed by atoms with van der Waals surface area (Å²) in [5.74, 6) is -0.497. The van der Waals surface area contributed by atoms with Crippen LogP contribution >= 0.6 is 7.82 Å². The van der Waals surface area contributed by atoms with Crippen molar-refractivity contribution in [2.75, 3.05) is 19.8 Å². The predicted molar refractivity (Wildman–Crippen MR) is 230 cm³/mol. The van der Waals surface area contributed by atoms with Gasteiger partial charge >= 0.3 is 13.8 Å². The zero-order chi connectivity index (χ0) is 42.7. The lowest BCUT2D eigenvalue weighted by Crippen LogP contribution is -2.64. The van der Waals surface area contributed by atoms with E-state index in [1.165, 1.54) is 38.5 Å². The highest BCUT2D eigenvalue weighted by Crippen LogP contribution is 2.47. The van der Waals surface area contributed by atoms with Gasteiger partial charge in [0.25, 0.3) is 0 Å². The molecule has 0 aliphatic heterocycles. The molecule has 1 fully saturated rings. The lowest BCUT2D eigenvalue weighted by molar-refractivity contribution is -0.220. The molecule has 0 spiro atoms. The van der Waals surface area contributed by atoms with Crippen LogP contribution in [-0.4, -0.2) is 98.9 Å². The number of esters is 1. The largest absolute Gasteiger partial charge is 0.472 e. The van der Waals surface area contributed by atoms with E-state index in [1.807, 2.05) is 0 Å². The summed E-state index contributed by atoms with van der Waals surface area (Å²) >= 11 is 0. The van der Waals surface area contributed by atoms with E-state index in [0.29, 0.717) is 13.0 Å². The van der Waals surface area contributed by atoms with Crippen molar-refractivity contribution in [1.29, 1.82) is 0 Å². The second-order valence-corrected chi connectivity index (χ2v) is 16.6. The second-order valence-electron chi connectivity index (χ2n) is 15.2. The third kappa shape index (κ3) is 27.7. The molecule has 336 valence electrons. The quantitative estimate of drug-likeness (QED) is 0.0153. The van der Waals surface area contributed by atoms with Crippen molar-refractivity contribution in [2.24, 2.45) is 0 Å². The summed E-state index contributed by atoms with van der Waals surface area (Å²) in [5, 5.41) is 50.1. The number of carbonyl (C=O) groups excluding carboxylic acids is 1. The van der Waals surface area contributed by atoms with E-state index in [1.54, 1.807) is 0 Å². The average Bonchev–Trinajstić information content (AvgIpc) is 3.21. The Bertz CT molecular complexity index is 1190. The number of aliphatic hydroxyl groups is 5. The normalized spacial score (nSPS) is 23.2. The first-order valence-electron chi connectivity index (χ1n) is 22.1. The number of hydrogen-bond acceptors (Lipinski definition) is 11. The van der Waals surface area contributed by atoms with Crippen molar-refractivity contribution in [3.05, 3.63) is 60.8 Å².